The molecular weight excluding hydrogens is 378 g/mol. The van der Waals surface area contributed by atoms with Crippen LogP contribution in [0.5, 0.6) is 0 Å². The van der Waals surface area contributed by atoms with E-state index in [0.717, 1.165) is 6.26 Å². The van der Waals surface area contributed by atoms with Crippen LogP contribution in [0.15, 0.2) is 24.3 Å². The van der Waals surface area contributed by atoms with Crippen LogP contribution in [-0.4, -0.2) is 56.4 Å². The minimum Gasteiger partial charge on any atom is -0.353 e. The number of piperidine rings is 1. The summed E-state index contributed by atoms with van der Waals surface area (Å²) in [6.07, 6.45) is 3.59. The van der Waals surface area contributed by atoms with Gasteiger partial charge in [-0.25, -0.2) is 8.42 Å². The first-order valence-corrected chi connectivity index (χ1v) is 10.9. The van der Waals surface area contributed by atoms with Gasteiger partial charge < -0.3 is 10.2 Å². The van der Waals surface area contributed by atoms with Gasteiger partial charge >= 0.3 is 0 Å². The minimum absolute atomic E-state index is 0.00407. The van der Waals surface area contributed by atoms with Crippen molar-refractivity contribution in [1.29, 1.82) is 0 Å². The van der Waals surface area contributed by atoms with Crippen molar-refractivity contribution in [3.8, 4) is 0 Å². The van der Waals surface area contributed by atoms with Crippen molar-refractivity contribution in [2.75, 3.05) is 29.9 Å². The van der Waals surface area contributed by atoms with Gasteiger partial charge in [-0.05, 0) is 43.5 Å². The van der Waals surface area contributed by atoms with E-state index >= 15 is 0 Å². The van der Waals surface area contributed by atoms with E-state index in [0.29, 0.717) is 55.9 Å². The summed E-state index contributed by atoms with van der Waals surface area (Å²) in [5.41, 5.74) is 0.927. The number of likely N-dealkylation sites (tertiary alicyclic amines) is 1. The van der Waals surface area contributed by atoms with E-state index in [1.54, 1.807) is 29.2 Å². The summed E-state index contributed by atoms with van der Waals surface area (Å²) in [6.45, 7) is 1.14. The molecule has 0 spiro atoms. The molecule has 0 unspecified atom stereocenters. The zero-order chi connectivity index (χ0) is 19.2. The number of alkyl halides is 1. The Kier molecular flexibility index (Phi) is 7.28. The average molecular weight is 402 g/mol. The molecule has 144 valence electrons. The fourth-order valence-corrected chi connectivity index (χ4v) is 3.53. The molecule has 1 saturated heterocycles. The Bertz CT molecular complexity index is 729. The van der Waals surface area contributed by atoms with Crippen LogP contribution in [-0.2, 0) is 14.8 Å². The van der Waals surface area contributed by atoms with Crippen molar-refractivity contribution < 1.29 is 18.0 Å². The molecule has 26 heavy (non-hydrogen) atoms. The topological polar surface area (TPSA) is 95.6 Å². The average Bonchev–Trinajstić information content (AvgIpc) is 2.59. The van der Waals surface area contributed by atoms with E-state index in [1.807, 2.05) is 0 Å². The summed E-state index contributed by atoms with van der Waals surface area (Å²) < 4.78 is 24.8. The lowest BCUT2D eigenvalue weighted by Crippen LogP contribution is -2.46. The second kappa shape index (κ2) is 9.23. The van der Waals surface area contributed by atoms with Crippen LogP contribution in [0.3, 0.4) is 0 Å². The maximum absolute atomic E-state index is 12.6. The van der Waals surface area contributed by atoms with Crippen molar-refractivity contribution in [3.05, 3.63) is 29.8 Å². The van der Waals surface area contributed by atoms with Gasteiger partial charge in [0.1, 0.15) is 0 Å². The zero-order valence-electron chi connectivity index (χ0n) is 14.7. The maximum atomic E-state index is 12.6. The lowest BCUT2D eigenvalue weighted by Gasteiger charge is -2.32. The highest BCUT2D eigenvalue weighted by atomic mass is 35.5. The normalized spacial score (nSPS) is 15.5. The van der Waals surface area contributed by atoms with Gasteiger partial charge in [-0.2, -0.15) is 0 Å². The number of carbonyl (C=O) groups excluding carboxylic acids is 2. The van der Waals surface area contributed by atoms with Crippen LogP contribution in [0.1, 0.15) is 36.0 Å². The molecule has 0 aliphatic carbocycles. The number of nitrogens with one attached hydrogen (secondary N) is 2. The first-order chi connectivity index (χ1) is 12.3. The lowest BCUT2D eigenvalue weighted by atomic mass is 10.0. The summed E-state index contributed by atoms with van der Waals surface area (Å²) >= 11 is 5.58. The summed E-state index contributed by atoms with van der Waals surface area (Å²) in [5.74, 6) is 0.381. The number of rotatable bonds is 7. The molecule has 2 N–H and O–H groups in total. The van der Waals surface area contributed by atoms with Gasteiger partial charge in [-0.15, -0.1) is 11.6 Å². The number of anilines is 1. The van der Waals surface area contributed by atoms with Gasteiger partial charge in [0.2, 0.25) is 15.9 Å². The summed E-state index contributed by atoms with van der Waals surface area (Å²) in [4.78, 5) is 26.0. The van der Waals surface area contributed by atoms with Crippen LogP contribution in [0.2, 0.25) is 0 Å². The third-order valence-electron chi connectivity index (χ3n) is 4.12. The fraction of sp³-hybridized carbons (Fsp3) is 0.529. The molecule has 1 fully saturated rings. The number of hydrogen-bond acceptors (Lipinski definition) is 4. The van der Waals surface area contributed by atoms with Gasteiger partial charge in [-0.1, -0.05) is 0 Å². The second-order valence-corrected chi connectivity index (χ2v) is 8.50. The number of halogens is 1. The quantitative estimate of drug-likeness (QED) is 0.681. The highest BCUT2D eigenvalue weighted by Crippen LogP contribution is 2.16. The summed E-state index contributed by atoms with van der Waals surface area (Å²) in [7, 11) is -3.34. The minimum atomic E-state index is -3.34. The fourth-order valence-electron chi connectivity index (χ4n) is 2.83. The van der Waals surface area contributed by atoms with Gasteiger partial charge in [-0.3, -0.25) is 14.3 Å². The van der Waals surface area contributed by atoms with Gasteiger partial charge in [0.15, 0.2) is 0 Å². The Morgan fingerprint density at radius 2 is 1.81 bits per heavy atom. The number of hydrogen-bond donors (Lipinski definition) is 2. The van der Waals surface area contributed by atoms with Gasteiger partial charge in [0, 0.05) is 42.7 Å². The number of nitrogens with zero attached hydrogens (tertiary/aromatic N) is 1. The molecule has 0 aromatic heterocycles. The van der Waals surface area contributed by atoms with Crippen molar-refractivity contribution in [3.63, 3.8) is 0 Å². The molecule has 0 atom stereocenters. The Labute approximate surface area is 159 Å². The molecule has 9 heteroatoms. The molecule has 1 heterocycles. The van der Waals surface area contributed by atoms with Gasteiger partial charge in [0.25, 0.3) is 5.91 Å². The van der Waals surface area contributed by atoms with Crippen LogP contribution in [0.4, 0.5) is 5.69 Å². The molecular formula is C17H24ClN3O4S. The first-order valence-electron chi connectivity index (χ1n) is 8.51. The first kappa shape index (κ1) is 20.5. The number of amides is 2. The van der Waals surface area contributed by atoms with E-state index in [-0.39, 0.29) is 17.9 Å². The third-order valence-corrected chi connectivity index (χ3v) is 4.99. The zero-order valence-corrected chi connectivity index (χ0v) is 16.3. The highest BCUT2D eigenvalue weighted by molar-refractivity contribution is 7.92. The van der Waals surface area contributed by atoms with Crippen molar-refractivity contribution >= 4 is 39.1 Å². The van der Waals surface area contributed by atoms with Crippen LogP contribution < -0.4 is 10.0 Å². The Morgan fingerprint density at radius 3 is 2.35 bits per heavy atom. The van der Waals surface area contributed by atoms with Crippen molar-refractivity contribution in [2.24, 2.45) is 0 Å². The lowest BCUT2D eigenvalue weighted by molar-refractivity contribution is -0.122. The molecule has 2 rings (SSSR count). The van der Waals surface area contributed by atoms with Crippen molar-refractivity contribution in [2.45, 2.75) is 31.7 Å². The number of benzene rings is 1. The Hall–Kier alpha value is -1.80. The maximum Gasteiger partial charge on any atom is 0.253 e. The monoisotopic (exact) mass is 401 g/mol. The molecule has 1 aliphatic rings. The molecule has 2 amide bonds. The van der Waals surface area contributed by atoms with Crippen LogP contribution >= 0.6 is 11.6 Å². The summed E-state index contributed by atoms with van der Waals surface area (Å²) in [6, 6.07) is 6.44. The molecule has 0 radical (unpaired) electrons. The van der Waals surface area contributed by atoms with E-state index in [9.17, 15) is 18.0 Å². The molecule has 7 nitrogen and oxygen atoms in total. The third kappa shape index (κ3) is 6.49. The molecule has 1 aliphatic heterocycles. The molecule has 1 aromatic rings. The standard InChI is InChI=1S/C17H24ClN3O4S/c1-26(24,25)20-15-6-4-13(5-7-15)17(23)21-11-8-14(9-12-21)19-16(22)3-2-10-18/h4-7,14,20H,2-3,8-12H2,1H3,(H,19,22). The molecule has 0 bridgehead atoms. The molecule has 0 saturated carbocycles. The number of sulfonamides is 1. The van der Waals surface area contributed by atoms with E-state index in [2.05, 4.69) is 10.0 Å². The number of carbonyl (C=O) groups is 2. The smallest absolute Gasteiger partial charge is 0.253 e. The highest BCUT2D eigenvalue weighted by Gasteiger charge is 2.24. The Balaban J connectivity index is 1.85. The van der Waals surface area contributed by atoms with E-state index in [1.165, 1.54) is 0 Å². The second-order valence-electron chi connectivity index (χ2n) is 6.38. The van der Waals surface area contributed by atoms with E-state index in [4.69, 9.17) is 11.6 Å². The summed E-state index contributed by atoms with van der Waals surface area (Å²) in [5, 5.41) is 2.98. The van der Waals surface area contributed by atoms with Gasteiger partial charge in [0.05, 0.1) is 6.26 Å². The molecule has 1 aromatic carbocycles. The Morgan fingerprint density at radius 1 is 1.19 bits per heavy atom. The van der Waals surface area contributed by atoms with Crippen LogP contribution in [0.25, 0.3) is 0 Å². The van der Waals surface area contributed by atoms with Crippen LogP contribution in [0, 0.1) is 0 Å². The SMILES string of the molecule is CS(=O)(=O)Nc1ccc(C(=O)N2CCC(NC(=O)CCCCl)CC2)cc1. The predicted molar refractivity (Wildman–Crippen MR) is 102 cm³/mol. The van der Waals surface area contributed by atoms with Crippen molar-refractivity contribution in [1.82, 2.24) is 10.2 Å². The predicted octanol–water partition coefficient (Wildman–Crippen LogP) is 1.80. The van der Waals surface area contributed by atoms with E-state index < -0.39 is 10.0 Å². The largest absolute Gasteiger partial charge is 0.353 e.